The van der Waals surface area contributed by atoms with Crippen LogP contribution in [-0.4, -0.2) is 70.4 Å². The number of hydrogen-bond donors (Lipinski definition) is 0. The van der Waals surface area contributed by atoms with Crippen LogP contribution in [0.5, 0.6) is 0 Å². The highest BCUT2D eigenvalue weighted by atomic mass is 32.2. The van der Waals surface area contributed by atoms with Crippen LogP contribution >= 0.6 is 0 Å². The summed E-state index contributed by atoms with van der Waals surface area (Å²) in [5.74, 6) is 0.696. The molecule has 2 fully saturated rings. The van der Waals surface area contributed by atoms with Gasteiger partial charge in [0.05, 0.1) is 12.3 Å². The standard InChI is InChI=1S/C14H25N5O2S/c1-3-6-22(20,21)19-5-4-14-12(8-19)7-13(17(14)2)9-18-11-15-10-16-18/h10-14H,3-9H2,1-2H3/t12?,13-,14?/m0/s1. The van der Waals surface area contributed by atoms with Gasteiger partial charge in [0.2, 0.25) is 10.0 Å². The Hall–Kier alpha value is -0.990. The third-order valence-corrected chi connectivity index (χ3v) is 7.09. The van der Waals surface area contributed by atoms with E-state index in [1.165, 1.54) is 0 Å². The Kier molecular flexibility index (Phi) is 4.52. The second-order valence-corrected chi connectivity index (χ2v) is 8.55. The zero-order chi connectivity index (χ0) is 15.7. The molecule has 3 heterocycles. The van der Waals surface area contributed by atoms with E-state index >= 15 is 0 Å². The van der Waals surface area contributed by atoms with Crippen molar-refractivity contribution in [2.45, 2.75) is 44.8 Å². The molecule has 1 aromatic rings. The smallest absolute Gasteiger partial charge is 0.214 e. The van der Waals surface area contributed by atoms with Crippen molar-refractivity contribution in [3.8, 4) is 0 Å². The number of piperidine rings is 1. The molecule has 0 radical (unpaired) electrons. The van der Waals surface area contributed by atoms with E-state index in [0.29, 0.717) is 37.5 Å². The van der Waals surface area contributed by atoms with Crippen molar-refractivity contribution in [1.29, 1.82) is 0 Å². The van der Waals surface area contributed by atoms with Crippen LogP contribution < -0.4 is 0 Å². The molecule has 0 aromatic carbocycles. The number of nitrogens with zero attached hydrogens (tertiary/aromatic N) is 5. The van der Waals surface area contributed by atoms with Gasteiger partial charge in [0.15, 0.2) is 0 Å². The van der Waals surface area contributed by atoms with E-state index < -0.39 is 10.0 Å². The molecule has 0 spiro atoms. The van der Waals surface area contributed by atoms with Crippen molar-refractivity contribution in [2.75, 3.05) is 25.9 Å². The van der Waals surface area contributed by atoms with Gasteiger partial charge in [-0.2, -0.15) is 5.10 Å². The summed E-state index contributed by atoms with van der Waals surface area (Å²) in [6.45, 7) is 4.07. The van der Waals surface area contributed by atoms with Crippen LogP contribution in [0.2, 0.25) is 0 Å². The quantitative estimate of drug-likeness (QED) is 0.783. The Labute approximate surface area is 132 Å². The van der Waals surface area contributed by atoms with Gasteiger partial charge in [0.1, 0.15) is 12.7 Å². The minimum absolute atomic E-state index is 0.266. The monoisotopic (exact) mass is 327 g/mol. The highest BCUT2D eigenvalue weighted by molar-refractivity contribution is 7.89. The third-order valence-electron chi connectivity index (χ3n) is 5.05. The largest absolute Gasteiger partial charge is 0.298 e. The molecule has 2 aliphatic heterocycles. The first-order valence-corrected chi connectivity index (χ1v) is 9.64. The fraction of sp³-hybridized carbons (Fsp3) is 0.857. The highest BCUT2D eigenvalue weighted by Gasteiger charge is 2.44. The topological polar surface area (TPSA) is 71.3 Å². The molecule has 3 rings (SSSR count). The van der Waals surface area contributed by atoms with Gasteiger partial charge in [-0.05, 0) is 32.2 Å². The van der Waals surface area contributed by atoms with Crippen LogP contribution in [0.3, 0.4) is 0 Å². The van der Waals surface area contributed by atoms with Crippen LogP contribution in [-0.2, 0) is 16.6 Å². The summed E-state index contributed by atoms with van der Waals surface area (Å²) in [6, 6.07) is 0.895. The molecule has 0 aliphatic carbocycles. The number of likely N-dealkylation sites (N-methyl/N-ethyl adjacent to an activating group) is 1. The van der Waals surface area contributed by atoms with Crippen molar-refractivity contribution in [3.63, 3.8) is 0 Å². The molecule has 2 aliphatic rings. The van der Waals surface area contributed by atoms with E-state index in [1.807, 2.05) is 11.6 Å². The first kappa shape index (κ1) is 15.9. The Balaban J connectivity index is 1.66. The molecule has 0 N–H and O–H groups in total. The third kappa shape index (κ3) is 3.04. The first-order chi connectivity index (χ1) is 10.5. The summed E-state index contributed by atoms with van der Waals surface area (Å²) in [6.07, 6.45) is 5.94. The van der Waals surface area contributed by atoms with E-state index in [1.54, 1.807) is 17.0 Å². The van der Waals surface area contributed by atoms with Crippen LogP contribution in [0.1, 0.15) is 26.2 Å². The summed E-state index contributed by atoms with van der Waals surface area (Å²) in [5.41, 5.74) is 0. The van der Waals surface area contributed by atoms with Gasteiger partial charge in [-0.15, -0.1) is 0 Å². The average molecular weight is 327 g/mol. The highest BCUT2D eigenvalue weighted by Crippen LogP contribution is 2.35. The molecule has 124 valence electrons. The number of rotatable bonds is 5. The van der Waals surface area contributed by atoms with E-state index in [0.717, 1.165) is 19.4 Å². The summed E-state index contributed by atoms with van der Waals surface area (Å²) >= 11 is 0. The zero-order valence-electron chi connectivity index (χ0n) is 13.3. The number of likely N-dealkylation sites (tertiary alicyclic amines) is 1. The van der Waals surface area contributed by atoms with Crippen LogP contribution in [0.4, 0.5) is 0 Å². The van der Waals surface area contributed by atoms with Gasteiger partial charge < -0.3 is 0 Å². The number of hydrogen-bond acceptors (Lipinski definition) is 5. The maximum absolute atomic E-state index is 12.3. The van der Waals surface area contributed by atoms with Gasteiger partial charge in [-0.25, -0.2) is 17.7 Å². The Morgan fingerprint density at radius 3 is 2.86 bits per heavy atom. The van der Waals surface area contributed by atoms with Crippen molar-refractivity contribution >= 4 is 10.0 Å². The SMILES string of the molecule is CCCS(=O)(=O)N1CCC2C(C[C@@H](Cn3cncn3)N2C)C1. The van der Waals surface area contributed by atoms with Crippen molar-refractivity contribution in [1.82, 2.24) is 24.0 Å². The summed E-state index contributed by atoms with van der Waals surface area (Å²) in [7, 11) is -0.914. The molecule has 0 amide bonds. The van der Waals surface area contributed by atoms with Gasteiger partial charge in [0.25, 0.3) is 0 Å². The van der Waals surface area contributed by atoms with E-state index in [9.17, 15) is 8.42 Å². The molecule has 2 saturated heterocycles. The lowest BCUT2D eigenvalue weighted by atomic mass is 9.93. The summed E-state index contributed by atoms with van der Waals surface area (Å²) in [4.78, 5) is 6.40. The predicted molar refractivity (Wildman–Crippen MR) is 83.7 cm³/mol. The molecule has 8 heteroatoms. The fourth-order valence-corrected chi connectivity index (χ4v) is 5.50. The van der Waals surface area contributed by atoms with Crippen LogP contribution in [0.25, 0.3) is 0 Å². The normalized spacial score (nSPS) is 30.5. The molecule has 0 saturated carbocycles. The maximum atomic E-state index is 12.3. The lowest BCUT2D eigenvalue weighted by molar-refractivity contribution is 0.155. The molecule has 1 aromatic heterocycles. The van der Waals surface area contributed by atoms with E-state index in [-0.39, 0.29) is 5.75 Å². The lowest BCUT2D eigenvalue weighted by Gasteiger charge is -2.36. The fourth-order valence-electron chi connectivity index (χ4n) is 3.93. The zero-order valence-corrected chi connectivity index (χ0v) is 14.1. The van der Waals surface area contributed by atoms with Gasteiger partial charge in [-0.1, -0.05) is 6.92 Å². The Morgan fingerprint density at radius 2 is 2.18 bits per heavy atom. The molecule has 0 bridgehead atoms. The van der Waals surface area contributed by atoms with Crippen molar-refractivity contribution < 1.29 is 8.42 Å². The Bertz CT molecular complexity index is 588. The van der Waals surface area contributed by atoms with Gasteiger partial charge >= 0.3 is 0 Å². The maximum Gasteiger partial charge on any atom is 0.214 e. The molecule has 3 atom stereocenters. The second-order valence-electron chi connectivity index (χ2n) is 6.46. The van der Waals surface area contributed by atoms with Crippen molar-refractivity contribution in [3.05, 3.63) is 12.7 Å². The number of aromatic nitrogens is 3. The van der Waals surface area contributed by atoms with E-state index in [2.05, 4.69) is 22.0 Å². The van der Waals surface area contributed by atoms with Crippen molar-refractivity contribution in [2.24, 2.45) is 5.92 Å². The minimum atomic E-state index is -3.07. The van der Waals surface area contributed by atoms with Gasteiger partial charge in [-0.3, -0.25) is 9.58 Å². The van der Waals surface area contributed by atoms with Gasteiger partial charge in [0, 0.05) is 25.2 Å². The predicted octanol–water partition coefficient (Wildman–Crippen LogP) is 0.413. The summed E-state index contributed by atoms with van der Waals surface area (Å²) < 4.78 is 28.1. The molecule has 2 unspecified atom stereocenters. The van der Waals surface area contributed by atoms with E-state index in [4.69, 9.17) is 0 Å². The molecule has 22 heavy (non-hydrogen) atoms. The van der Waals surface area contributed by atoms with Crippen LogP contribution in [0, 0.1) is 5.92 Å². The Morgan fingerprint density at radius 1 is 1.36 bits per heavy atom. The molecule has 7 nitrogen and oxygen atoms in total. The molecular formula is C14H25N5O2S. The second kappa shape index (κ2) is 6.25. The van der Waals surface area contributed by atoms with Crippen LogP contribution in [0.15, 0.2) is 12.7 Å². The summed E-state index contributed by atoms with van der Waals surface area (Å²) in [5, 5.41) is 4.18. The average Bonchev–Trinajstić information content (AvgIpc) is 3.08. The lowest BCUT2D eigenvalue weighted by Crippen LogP contribution is -2.48. The first-order valence-electron chi connectivity index (χ1n) is 8.03. The number of fused-ring (bicyclic) bond motifs is 1. The molecular weight excluding hydrogens is 302 g/mol. The minimum Gasteiger partial charge on any atom is -0.298 e. The number of sulfonamides is 1.